The molecule has 1 atom stereocenters. The zero-order valence-electron chi connectivity index (χ0n) is 15.1. The third-order valence-corrected chi connectivity index (χ3v) is 4.47. The predicted octanol–water partition coefficient (Wildman–Crippen LogP) is 2.35. The number of rotatable bonds is 10. The molecule has 0 aliphatic carbocycles. The predicted molar refractivity (Wildman–Crippen MR) is 104 cm³/mol. The maximum Gasteiger partial charge on any atom is 0.305 e. The molecule has 0 bridgehead atoms. The minimum atomic E-state index is -0.900. The number of anilines is 1. The molecule has 27 heavy (non-hydrogen) atoms. The molecule has 0 saturated carbocycles. The average Bonchev–Trinajstić information content (AvgIpc) is 2.65. The highest BCUT2D eigenvalue weighted by molar-refractivity contribution is 9.10. The molecule has 2 rings (SSSR count). The van der Waals surface area contributed by atoms with Gasteiger partial charge in [0.15, 0.2) is 0 Å². The van der Waals surface area contributed by atoms with E-state index in [9.17, 15) is 9.59 Å². The van der Waals surface area contributed by atoms with E-state index in [2.05, 4.69) is 26.3 Å². The summed E-state index contributed by atoms with van der Waals surface area (Å²) in [6.07, 6.45) is 1.53. The maximum absolute atomic E-state index is 12.5. The number of carboxylic acid groups (broad SMARTS) is 1. The molecule has 0 fully saturated rings. The molecule has 0 spiro atoms. The van der Waals surface area contributed by atoms with Crippen molar-refractivity contribution in [2.45, 2.75) is 25.9 Å². The molecule has 1 aromatic carbocycles. The molecule has 2 aromatic rings. The summed E-state index contributed by atoms with van der Waals surface area (Å²) in [7, 11) is 1.60. The topological polar surface area (TPSA) is 103 Å². The van der Waals surface area contributed by atoms with Crippen molar-refractivity contribution in [3.05, 3.63) is 50.9 Å². The number of carbonyl (C=O) groups is 1. The van der Waals surface area contributed by atoms with Gasteiger partial charge < -0.3 is 19.9 Å². The van der Waals surface area contributed by atoms with Crippen LogP contribution in [0.25, 0.3) is 0 Å². The smallest absolute Gasteiger partial charge is 0.305 e. The van der Waals surface area contributed by atoms with Gasteiger partial charge in [-0.05, 0) is 40.5 Å². The number of ether oxygens (including phenoxy) is 2. The Hall–Kier alpha value is -2.39. The van der Waals surface area contributed by atoms with Gasteiger partial charge in [0.25, 0.3) is 5.56 Å². The third-order valence-electron chi connectivity index (χ3n) is 3.71. The summed E-state index contributed by atoms with van der Waals surface area (Å²) in [6.45, 7) is 2.67. The normalized spacial score (nSPS) is 11.8. The van der Waals surface area contributed by atoms with Crippen LogP contribution >= 0.6 is 15.9 Å². The van der Waals surface area contributed by atoms with Gasteiger partial charge >= 0.3 is 5.97 Å². The minimum Gasteiger partial charge on any atom is -0.497 e. The molecule has 0 radical (unpaired) electrons. The van der Waals surface area contributed by atoms with Gasteiger partial charge in [0.2, 0.25) is 0 Å². The Morgan fingerprint density at radius 1 is 1.37 bits per heavy atom. The van der Waals surface area contributed by atoms with Crippen molar-refractivity contribution in [2.24, 2.45) is 0 Å². The SMILES string of the molecule is COc1ccc(Cn2ncc(N[C@@H](C)COCCC(=O)O)c(Br)c2=O)cc1. The van der Waals surface area contributed by atoms with Gasteiger partial charge in [-0.25, -0.2) is 4.68 Å². The summed E-state index contributed by atoms with van der Waals surface area (Å²) in [6, 6.07) is 7.30. The number of methoxy groups -OCH3 is 1. The number of hydrogen-bond acceptors (Lipinski definition) is 6. The van der Waals surface area contributed by atoms with Gasteiger partial charge in [-0.15, -0.1) is 0 Å². The van der Waals surface area contributed by atoms with Crippen LogP contribution in [0.3, 0.4) is 0 Å². The first kappa shape index (κ1) is 20.9. The molecular formula is C18H22BrN3O5. The van der Waals surface area contributed by atoms with E-state index in [0.717, 1.165) is 11.3 Å². The molecule has 9 heteroatoms. The van der Waals surface area contributed by atoms with Crippen molar-refractivity contribution >= 4 is 27.6 Å². The zero-order valence-corrected chi connectivity index (χ0v) is 16.7. The standard InChI is InChI=1S/C18H22BrN3O5/c1-12(11-27-8-7-16(23)24)21-15-9-20-22(18(25)17(15)19)10-13-3-5-14(26-2)6-4-13/h3-6,9,12,21H,7-8,10-11H2,1-2H3,(H,23,24)/t12-/m0/s1. The monoisotopic (exact) mass is 439 g/mol. The second-order valence-electron chi connectivity index (χ2n) is 5.95. The first-order valence-corrected chi connectivity index (χ1v) is 9.14. The van der Waals surface area contributed by atoms with E-state index >= 15 is 0 Å². The quantitative estimate of drug-likeness (QED) is 0.547. The first-order valence-electron chi connectivity index (χ1n) is 8.35. The van der Waals surface area contributed by atoms with Crippen LogP contribution in [0.15, 0.2) is 39.7 Å². The fourth-order valence-electron chi connectivity index (χ4n) is 2.31. The van der Waals surface area contributed by atoms with Crippen molar-refractivity contribution in [1.29, 1.82) is 0 Å². The lowest BCUT2D eigenvalue weighted by Gasteiger charge is -2.16. The van der Waals surface area contributed by atoms with Crippen LogP contribution in [0.5, 0.6) is 5.75 Å². The summed E-state index contributed by atoms with van der Waals surface area (Å²) in [5, 5.41) is 15.9. The number of hydrogen-bond donors (Lipinski definition) is 2. The highest BCUT2D eigenvalue weighted by Gasteiger charge is 2.12. The Balaban J connectivity index is 1.98. The fraction of sp³-hybridized carbons (Fsp3) is 0.389. The molecule has 0 amide bonds. The number of nitrogens with zero attached hydrogens (tertiary/aromatic N) is 2. The van der Waals surface area contributed by atoms with E-state index in [1.54, 1.807) is 13.3 Å². The number of carboxylic acids is 1. The van der Waals surface area contributed by atoms with E-state index in [4.69, 9.17) is 14.6 Å². The molecule has 0 aliphatic rings. The lowest BCUT2D eigenvalue weighted by Crippen LogP contribution is -2.28. The molecule has 8 nitrogen and oxygen atoms in total. The Labute approximate surface area is 165 Å². The van der Waals surface area contributed by atoms with Gasteiger partial charge in [0, 0.05) is 6.04 Å². The largest absolute Gasteiger partial charge is 0.497 e. The van der Waals surface area contributed by atoms with E-state index in [1.165, 1.54) is 4.68 Å². The van der Waals surface area contributed by atoms with Crippen LogP contribution in [0.4, 0.5) is 5.69 Å². The van der Waals surface area contributed by atoms with Crippen molar-refractivity contribution in [2.75, 3.05) is 25.6 Å². The Kier molecular flexibility index (Phi) is 7.81. The van der Waals surface area contributed by atoms with Crippen molar-refractivity contribution in [1.82, 2.24) is 9.78 Å². The molecule has 1 heterocycles. The molecule has 1 aromatic heterocycles. The van der Waals surface area contributed by atoms with Crippen molar-refractivity contribution < 1.29 is 19.4 Å². The second-order valence-corrected chi connectivity index (χ2v) is 6.74. The minimum absolute atomic E-state index is 0.0423. The van der Waals surface area contributed by atoms with Gasteiger partial charge in [0.1, 0.15) is 10.2 Å². The average molecular weight is 440 g/mol. The Bertz CT molecular complexity index is 823. The van der Waals surface area contributed by atoms with Crippen LogP contribution in [-0.2, 0) is 16.1 Å². The highest BCUT2D eigenvalue weighted by atomic mass is 79.9. The summed E-state index contributed by atoms with van der Waals surface area (Å²) in [5.41, 5.74) is 1.23. The maximum atomic E-state index is 12.5. The van der Waals surface area contributed by atoms with E-state index in [1.807, 2.05) is 31.2 Å². The number of halogens is 1. The number of aliphatic carboxylic acids is 1. The highest BCUT2D eigenvalue weighted by Crippen LogP contribution is 2.18. The van der Waals surface area contributed by atoms with E-state index in [0.29, 0.717) is 23.3 Å². The van der Waals surface area contributed by atoms with Gasteiger partial charge in [-0.1, -0.05) is 12.1 Å². The molecule has 2 N–H and O–H groups in total. The number of benzene rings is 1. The van der Waals surface area contributed by atoms with E-state index in [-0.39, 0.29) is 24.6 Å². The van der Waals surface area contributed by atoms with Crippen LogP contribution in [0, 0.1) is 0 Å². The summed E-state index contributed by atoms with van der Waals surface area (Å²) >= 11 is 3.32. The first-order chi connectivity index (χ1) is 12.9. The summed E-state index contributed by atoms with van der Waals surface area (Å²) in [4.78, 5) is 23.0. The number of aromatic nitrogens is 2. The zero-order chi connectivity index (χ0) is 19.8. The molecule has 0 unspecified atom stereocenters. The van der Waals surface area contributed by atoms with Crippen LogP contribution in [0.2, 0.25) is 0 Å². The van der Waals surface area contributed by atoms with E-state index < -0.39 is 5.97 Å². The summed E-state index contributed by atoms with van der Waals surface area (Å²) < 4.78 is 12.2. The van der Waals surface area contributed by atoms with Crippen molar-refractivity contribution in [3.8, 4) is 5.75 Å². The van der Waals surface area contributed by atoms with Crippen molar-refractivity contribution in [3.63, 3.8) is 0 Å². The lowest BCUT2D eigenvalue weighted by atomic mass is 10.2. The Morgan fingerprint density at radius 2 is 2.07 bits per heavy atom. The van der Waals surface area contributed by atoms with Crippen LogP contribution in [0.1, 0.15) is 18.9 Å². The number of nitrogens with one attached hydrogen (secondary N) is 1. The van der Waals surface area contributed by atoms with Crippen LogP contribution in [-0.4, -0.2) is 47.2 Å². The van der Waals surface area contributed by atoms with Crippen LogP contribution < -0.4 is 15.6 Å². The van der Waals surface area contributed by atoms with Gasteiger partial charge in [0.05, 0.1) is 45.2 Å². The fourth-order valence-corrected chi connectivity index (χ4v) is 2.73. The molecular weight excluding hydrogens is 418 g/mol. The summed E-state index contributed by atoms with van der Waals surface area (Å²) in [5.74, 6) is -0.151. The third kappa shape index (κ3) is 6.37. The Morgan fingerprint density at radius 3 is 2.70 bits per heavy atom. The molecule has 0 aliphatic heterocycles. The second kappa shape index (κ2) is 10.1. The lowest BCUT2D eigenvalue weighted by molar-refractivity contribution is -0.138. The van der Waals surface area contributed by atoms with Gasteiger partial charge in [-0.3, -0.25) is 9.59 Å². The molecule has 146 valence electrons. The molecule has 0 saturated heterocycles. The van der Waals surface area contributed by atoms with Gasteiger partial charge in [-0.2, -0.15) is 5.10 Å².